The molecule has 3 aromatic carbocycles. The number of aryl methyl sites for hydroxylation is 2. The molecule has 0 N–H and O–H groups in total. The zero-order valence-corrected chi connectivity index (χ0v) is 23.0. The average Bonchev–Trinajstić information content (AvgIpc) is 2.86. The van der Waals surface area contributed by atoms with Gasteiger partial charge in [0.2, 0.25) is 0 Å². The topological polar surface area (TPSA) is 18.5 Å². The summed E-state index contributed by atoms with van der Waals surface area (Å²) >= 11 is 7.62. The van der Waals surface area contributed by atoms with Gasteiger partial charge < -0.3 is 9.05 Å². The molecule has 0 amide bonds. The van der Waals surface area contributed by atoms with E-state index in [0.717, 1.165) is 30.1 Å². The highest BCUT2D eigenvalue weighted by Gasteiger charge is 2.24. The van der Waals surface area contributed by atoms with Crippen molar-refractivity contribution in [2.75, 3.05) is 0 Å². The monoisotopic (exact) mass is 512 g/mol. The van der Waals surface area contributed by atoms with E-state index in [9.17, 15) is 0 Å². The standard InChI is InChI=1S/C29H37O2PS2/c1-3-5-8-12-25-16-20-28(21-17-25)30-32(33,34-24-27-14-10-7-11-15-27)31-29-22-18-26(19-23-29)13-9-6-4-2/h7,10-11,14-23H,3-6,8-9,12-13,24H2,1-2H3. The van der Waals surface area contributed by atoms with E-state index >= 15 is 0 Å². The van der Waals surface area contributed by atoms with Gasteiger partial charge in [0.05, 0.1) is 0 Å². The minimum Gasteiger partial charge on any atom is -0.428 e. The van der Waals surface area contributed by atoms with Crippen LogP contribution in [-0.4, -0.2) is 0 Å². The number of hydrogen-bond acceptors (Lipinski definition) is 4. The van der Waals surface area contributed by atoms with Crippen LogP contribution in [0.1, 0.15) is 69.1 Å². The summed E-state index contributed by atoms with van der Waals surface area (Å²) in [4.78, 5) is 0. The van der Waals surface area contributed by atoms with Crippen LogP contribution < -0.4 is 9.05 Å². The molecule has 0 spiro atoms. The molecule has 0 atom stereocenters. The molecule has 5 heteroatoms. The van der Waals surface area contributed by atoms with Gasteiger partial charge in [0.25, 0.3) is 0 Å². The van der Waals surface area contributed by atoms with E-state index in [-0.39, 0.29) is 0 Å². The van der Waals surface area contributed by atoms with Crippen molar-refractivity contribution < 1.29 is 9.05 Å². The molecule has 34 heavy (non-hydrogen) atoms. The predicted molar refractivity (Wildman–Crippen MR) is 153 cm³/mol. The first-order valence-corrected chi connectivity index (χ1v) is 16.7. The molecule has 0 saturated heterocycles. The van der Waals surface area contributed by atoms with Gasteiger partial charge >= 0.3 is 5.69 Å². The maximum atomic E-state index is 6.38. The molecule has 0 saturated carbocycles. The summed E-state index contributed by atoms with van der Waals surface area (Å²) in [5.74, 6) is 2.31. The summed E-state index contributed by atoms with van der Waals surface area (Å²) in [5.41, 5.74) is 1.23. The molecular formula is C29H37O2PS2. The van der Waals surface area contributed by atoms with Crippen LogP contribution in [0.3, 0.4) is 0 Å². The van der Waals surface area contributed by atoms with Crippen LogP contribution in [0.15, 0.2) is 78.9 Å². The van der Waals surface area contributed by atoms with Gasteiger partial charge in [0.15, 0.2) is 0 Å². The Labute approximate surface area is 215 Å². The van der Waals surface area contributed by atoms with E-state index in [1.165, 1.54) is 55.2 Å². The Balaban J connectivity index is 1.69. The lowest BCUT2D eigenvalue weighted by molar-refractivity contribution is 0.506. The summed E-state index contributed by atoms with van der Waals surface area (Å²) < 4.78 is 12.8. The lowest BCUT2D eigenvalue weighted by Crippen LogP contribution is -1.99. The Morgan fingerprint density at radius 2 is 1.09 bits per heavy atom. The Hall–Kier alpha value is -1.74. The molecule has 182 valence electrons. The highest BCUT2D eigenvalue weighted by Crippen LogP contribution is 2.61. The highest BCUT2D eigenvalue weighted by atomic mass is 32.9. The van der Waals surface area contributed by atoms with Gasteiger partial charge in [-0.25, -0.2) is 0 Å². The van der Waals surface area contributed by atoms with Crippen LogP contribution in [0.5, 0.6) is 11.5 Å². The average molecular weight is 513 g/mol. The third kappa shape index (κ3) is 9.49. The van der Waals surface area contributed by atoms with Gasteiger partial charge in [-0.2, -0.15) is 0 Å². The second kappa shape index (κ2) is 14.6. The summed E-state index contributed by atoms with van der Waals surface area (Å²) in [6, 6.07) is 27.1. The van der Waals surface area contributed by atoms with E-state index in [4.69, 9.17) is 20.9 Å². The van der Waals surface area contributed by atoms with Crippen LogP contribution in [0.4, 0.5) is 0 Å². The second-order valence-corrected chi connectivity index (χ2v) is 14.7. The van der Waals surface area contributed by atoms with Crippen LogP contribution in [0.2, 0.25) is 0 Å². The first kappa shape index (κ1) is 26.9. The first-order valence-electron chi connectivity index (χ1n) is 12.5. The first-order chi connectivity index (χ1) is 16.6. The van der Waals surface area contributed by atoms with Crippen LogP contribution in [0.25, 0.3) is 0 Å². The number of benzene rings is 3. The lowest BCUT2D eigenvalue weighted by atomic mass is 10.1. The number of hydrogen-bond donors (Lipinski definition) is 0. The summed E-state index contributed by atoms with van der Waals surface area (Å²) in [5, 5.41) is 0. The smallest absolute Gasteiger partial charge is 0.348 e. The van der Waals surface area contributed by atoms with E-state index in [0.29, 0.717) is 0 Å². The maximum Gasteiger partial charge on any atom is 0.348 e. The van der Waals surface area contributed by atoms with Gasteiger partial charge in [-0.15, -0.1) is 0 Å². The minimum atomic E-state index is -2.66. The number of rotatable bonds is 15. The summed E-state index contributed by atoms with van der Waals surface area (Å²) in [6.45, 7) is 4.47. The Morgan fingerprint density at radius 1 is 0.618 bits per heavy atom. The van der Waals surface area contributed by atoms with Crippen molar-refractivity contribution in [3.63, 3.8) is 0 Å². The molecule has 0 aliphatic carbocycles. The van der Waals surface area contributed by atoms with Gasteiger partial charge in [-0.3, -0.25) is 0 Å². The van der Waals surface area contributed by atoms with Crippen molar-refractivity contribution in [3.8, 4) is 11.5 Å². The van der Waals surface area contributed by atoms with Crippen molar-refractivity contribution in [2.24, 2.45) is 0 Å². The molecular weight excluding hydrogens is 475 g/mol. The maximum absolute atomic E-state index is 6.38. The molecule has 2 nitrogen and oxygen atoms in total. The molecule has 0 heterocycles. The minimum absolute atomic E-state index is 0.752. The lowest BCUT2D eigenvalue weighted by Gasteiger charge is -2.23. The van der Waals surface area contributed by atoms with E-state index < -0.39 is 5.69 Å². The van der Waals surface area contributed by atoms with Crippen LogP contribution in [-0.2, 0) is 30.4 Å². The van der Waals surface area contributed by atoms with E-state index in [1.807, 2.05) is 30.3 Å². The second-order valence-electron chi connectivity index (χ2n) is 8.59. The van der Waals surface area contributed by atoms with Gasteiger partial charge in [0, 0.05) is 5.75 Å². The Bertz CT molecular complexity index is 945. The van der Waals surface area contributed by atoms with Crippen molar-refractivity contribution >= 4 is 28.9 Å². The van der Waals surface area contributed by atoms with Crippen LogP contribution in [0, 0.1) is 0 Å². The van der Waals surface area contributed by atoms with Crippen molar-refractivity contribution in [1.29, 1.82) is 0 Å². The zero-order valence-electron chi connectivity index (χ0n) is 20.4. The molecule has 0 radical (unpaired) electrons. The highest BCUT2D eigenvalue weighted by molar-refractivity contribution is 8.67. The summed E-state index contributed by atoms with van der Waals surface area (Å²) in [7, 11) is 0. The molecule has 0 fully saturated rings. The molecule has 0 aliphatic rings. The van der Waals surface area contributed by atoms with Crippen molar-refractivity contribution in [1.82, 2.24) is 0 Å². The Morgan fingerprint density at radius 3 is 1.53 bits per heavy atom. The predicted octanol–water partition coefficient (Wildman–Crippen LogP) is 9.77. The zero-order chi connectivity index (χ0) is 24.1. The van der Waals surface area contributed by atoms with Gasteiger partial charge in [-0.1, -0.05) is 94.1 Å². The Kier molecular flexibility index (Phi) is 11.5. The molecule has 0 aromatic heterocycles. The normalized spacial score (nSPS) is 11.4. The van der Waals surface area contributed by atoms with E-state index in [2.05, 4.69) is 62.4 Å². The molecule has 3 rings (SSSR count). The fraction of sp³-hybridized carbons (Fsp3) is 0.379. The SMILES string of the molecule is CCCCCc1ccc(OP(=S)(Oc2ccc(CCCCC)cc2)SCc2ccccc2)cc1. The fourth-order valence-corrected chi connectivity index (χ4v) is 7.80. The van der Waals surface area contributed by atoms with Crippen molar-refractivity contribution in [3.05, 3.63) is 95.6 Å². The van der Waals surface area contributed by atoms with Gasteiger partial charge in [-0.05, 0) is 89.8 Å². The third-order valence-corrected chi connectivity index (χ3v) is 10.5. The fourth-order valence-electron chi connectivity index (χ4n) is 3.65. The molecule has 0 bridgehead atoms. The molecule has 0 aliphatic heterocycles. The largest absolute Gasteiger partial charge is 0.428 e. The number of unbranched alkanes of at least 4 members (excludes halogenated alkanes) is 4. The van der Waals surface area contributed by atoms with E-state index in [1.54, 1.807) is 11.4 Å². The van der Waals surface area contributed by atoms with Crippen LogP contribution >= 0.6 is 17.1 Å². The third-order valence-electron chi connectivity index (χ3n) is 5.65. The summed E-state index contributed by atoms with van der Waals surface area (Å²) in [6.07, 6.45) is 9.65. The van der Waals surface area contributed by atoms with Crippen molar-refractivity contribution in [2.45, 2.75) is 71.0 Å². The quantitative estimate of drug-likeness (QED) is 0.149. The molecule has 3 aromatic rings. The van der Waals surface area contributed by atoms with Gasteiger partial charge in [0.1, 0.15) is 11.5 Å². The molecule has 0 unspecified atom stereocenters.